The van der Waals surface area contributed by atoms with E-state index in [1.54, 1.807) is 12.1 Å². The standard InChI is InChI=1S/C20H22N2O4/c1-20(2,18(23)24)26-15-10-8-14(9-11-15)12-13-22(3)19-21-16-6-4-5-7-17(16)25-19/h4-11H,12-13H2,1-3H3,(H,23,24). The van der Waals surface area contributed by atoms with Gasteiger partial charge in [-0.15, -0.1) is 0 Å². The van der Waals surface area contributed by atoms with Gasteiger partial charge in [0.1, 0.15) is 11.3 Å². The minimum absolute atomic E-state index is 0.536. The summed E-state index contributed by atoms with van der Waals surface area (Å²) in [6.45, 7) is 3.80. The highest BCUT2D eigenvalue weighted by Gasteiger charge is 2.29. The number of oxazole rings is 1. The molecular weight excluding hydrogens is 332 g/mol. The number of likely N-dealkylation sites (N-methyl/N-ethyl adjacent to an activating group) is 1. The van der Waals surface area contributed by atoms with E-state index in [1.807, 2.05) is 48.3 Å². The molecule has 0 aliphatic heterocycles. The number of rotatable bonds is 7. The van der Waals surface area contributed by atoms with Gasteiger partial charge < -0.3 is 19.2 Å². The molecule has 1 aromatic heterocycles. The van der Waals surface area contributed by atoms with Crippen LogP contribution in [0, 0.1) is 0 Å². The number of anilines is 1. The molecule has 3 aromatic rings. The van der Waals surface area contributed by atoms with E-state index < -0.39 is 11.6 Å². The van der Waals surface area contributed by atoms with Gasteiger partial charge in [-0.1, -0.05) is 24.3 Å². The average Bonchev–Trinajstić information content (AvgIpc) is 3.04. The first-order chi connectivity index (χ1) is 12.3. The topological polar surface area (TPSA) is 75.8 Å². The molecule has 0 unspecified atom stereocenters. The van der Waals surface area contributed by atoms with Crippen molar-refractivity contribution in [3.8, 4) is 5.75 Å². The van der Waals surface area contributed by atoms with E-state index in [-0.39, 0.29) is 0 Å². The molecule has 1 heterocycles. The van der Waals surface area contributed by atoms with Crippen molar-refractivity contribution >= 4 is 23.1 Å². The average molecular weight is 354 g/mol. The van der Waals surface area contributed by atoms with Crippen LogP contribution in [0.2, 0.25) is 0 Å². The molecule has 0 aliphatic rings. The summed E-state index contributed by atoms with van der Waals surface area (Å²) in [7, 11) is 1.94. The number of hydrogen-bond donors (Lipinski definition) is 1. The van der Waals surface area contributed by atoms with Crippen LogP contribution in [0.4, 0.5) is 6.01 Å². The lowest BCUT2D eigenvalue weighted by Crippen LogP contribution is -2.37. The summed E-state index contributed by atoms with van der Waals surface area (Å²) in [4.78, 5) is 17.6. The third-order valence-electron chi connectivity index (χ3n) is 4.16. The van der Waals surface area contributed by atoms with E-state index >= 15 is 0 Å². The molecule has 0 aliphatic carbocycles. The number of aromatic nitrogens is 1. The zero-order valence-corrected chi connectivity index (χ0v) is 15.1. The van der Waals surface area contributed by atoms with Gasteiger partial charge in [0.15, 0.2) is 11.2 Å². The molecule has 0 amide bonds. The van der Waals surface area contributed by atoms with Crippen LogP contribution < -0.4 is 9.64 Å². The Kier molecular flexibility index (Phi) is 4.84. The van der Waals surface area contributed by atoms with Gasteiger partial charge >= 0.3 is 5.97 Å². The fourth-order valence-electron chi connectivity index (χ4n) is 2.48. The number of carboxylic acid groups (broad SMARTS) is 1. The second kappa shape index (κ2) is 7.07. The van der Waals surface area contributed by atoms with Crippen LogP contribution in [0.3, 0.4) is 0 Å². The number of carboxylic acids is 1. The van der Waals surface area contributed by atoms with Gasteiger partial charge in [-0.25, -0.2) is 4.79 Å². The maximum atomic E-state index is 11.1. The second-order valence-corrected chi connectivity index (χ2v) is 6.70. The Morgan fingerprint density at radius 3 is 2.54 bits per heavy atom. The third kappa shape index (κ3) is 3.96. The number of benzene rings is 2. The van der Waals surface area contributed by atoms with Crippen LogP contribution in [0.15, 0.2) is 52.9 Å². The number of para-hydroxylation sites is 2. The predicted molar refractivity (Wildman–Crippen MR) is 99.8 cm³/mol. The van der Waals surface area contributed by atoms with Crippen molar-refractivity contribution in [1.82, 2.24) is 4.98 Å². The fourth-order valence-corrected chi connectivity index (χ4v) is 2.48. The van der Waals surface area contributed by atoms with Crippen LogP contribution in [-0.4, -0.2) is 35.3 Å². The van der Waals surface area contributed by atoms with Crippen molar-refractivity contribution < 1.29 is 19.1 Å². The van der Waals surface area contributed by atoms with Crippen molar-refractivity contribution in [2.45, 2.75) is 25.9 Å². The summed E-state index contributed by atoms with van der Waals surface area (Å²) in [5.74, 6) is -0.463. The molecular formula is C20H22N2O4. The molecule has 26 heavy (non-hydrogen) atoms. The Labute approximate surface area is 152 Å². The highest BCUT2D eigenvalue weighted by molar-refractivity contribution is 5.76. The van der Waals surface area contributed by atoms with E-state index in [9.17, 15) is 4.79 Å². The monoisotopic (exact) mass is 354 g/mol. The number of hydrogen-bond acceptors (Lipinski definition) is 5. The minimum Gasteiger partial charge on any atom is -0.478 e. The summed E-state index contributed by atoms with van der Waals surface area (Å²) in [6.07, 6.45) is 0.803. The fraction of sp³-hybridized carbons (Fsp3) is 0.300. The van der Waals surface area contributed by atoms with Crippen molar-refractivity contribution in [1.29, 1.82) is 0 Å². The van der Waals surface area contributed by atoms with Crippen molar-refractivity contribution in [3.63, 3.8) is 0 Å². The summed E-state index contributed by atoms with van der Waals surface area (Å²) in [5, 5.41) is 9.12. The zero-order chi connectivity index (χ0) is 18.7. The number of ether oxygens (including phenoxy) is 1. The number of carbonyl (C=O) groups is 1. The molecule has 6 nitrogen and oxygen atoms in total. The summed E-state index contributed by atoms with van der Waals surface area (Å²) >= 11 is 0. The van der Waals surface area contributed by atoms with Crippen LogP contribution in [0.5, 0.6) is 5.75 Å². The first kappa shape index (κ1) is 17.8. The molecule has 0 spiro atoms. The van der Waals surface area contributed by atoms with Gasteiger partial charge in [0.2, 0.25) is 0 Å². The highest BCUT2D eigenvalue weighted by atomic mass is 16.5. The number of aliphatic carboxylic acids is 1. The van der Waals surface area contributed by atoms with Gasteiger partial charge in [0, 0.05) is 13.6 Å². The van der Waals surface area contributed by atoms with Crippen LogP contribution in [0.25, 0.3) is 11.1 Å². The van der Waals surface area contributed by atoms with E-state index in [1.165, 1.54) is 13.8 Å². The Balaban J connectivity index is 1.60. The van der Waals surface area contributed by atoms with Crippen LogP contribution >= 0.6 is 0 Å². The minimum atomic E-state index is -1.26. The van der Waals surface area contributed by atoms with Gasteiger partial charge in [0.25, 0.3) is 6.01 Å². The maximum absolute atomic E-state index is 11.1. The molecule has 0 fully saturated rings. The van der Waals surface area contributed by atoms with E-state index in [4.69, 9.17) is 14.3 Å². The van der Waals surface area contributed by atoms with Gasteiger partial charge in [-0.3, -0.25) is 0 Å². The zero-order valence-electron chi connectivity index (χ0n) is 15.1. The van der Waals surface area contributed by atoms with E-state index in [0.29, 0.717) is 11.8 Å². The molecule has 2 aromatic carbocycles. The summed E-state index contributed by atoms with van der Waals surface area (Å²) in [6, 6.07) is 15.7. The van der Waals surface area contributed by atoms with Crippen molar-refractivity contribution in [2.75, 3.05) is 18.5 Å². The molecule has 0 saturated carbocycles. The normalized spacial score (nSPS) is 11.5. The molecule has 3 rings (SSSR count). The Morgan fingerprint density at radius 1 is 1.19 bits per heavy atom. The Bertz CT molecular complexity index is 867. The van der Waals surface area contributed by atoms with E-state index in [0.717, 1.165) is 29.6 Å². The van der Waals surface area contributed by atoms with E-state index in [2.05, 4.69) is 4.98 Å². The molecule has 0 saturated heterocycles. The highest BCUT2D eigenvalue weighted by Crippen LogP contribution is 2.22. The van der Waals surface area contributed by atoms with Crippen molar-refractivity contribution in [3.05, 3.63) is 54.1 Å². The molecule has 0 radical (unpaired) electrons. The first-order valence-electron chi connectivity index (χ1n) is 8.43. The predicted octanol–water partition coefficient (Wildman–Crippen LogP) is 3.75. The quantitative estimate of drug-likeness (QED) is 0.696. The number of nitrogens with zero attached hydrogens (tertiary/aromatic N) is 2. The summed E-state index contributed by atoms with van der Waals surface area (Å²) < 4.78 is 11.3. The lowest BCUT2D eigenvalue weighted by atomic mass is 10.1. The molecule has 0 bridgehead atoms. The summed E-state index contributed by atoms with van der Waals surface area (Å²) in [5.41, 5.74) is 1.48. The molecule has 6 heteroatoms. The largest absolute Gasteiger partial charge is 0.478 e. The maximum Gasteiger partial charge on any atom is 0.347 e. The Hall–Kier alpha value is -3.02. The van der Waals surface area contributed by atoms with Gasteiger partial charge in [-0.2, -0.15) is 4.98 Å². The lowest BCUT2D eigenvalue weighted by molar-refractivity contribution is -0.152. The number of fused-ring (bicyclic) bond motifs is 1. The molecule has 1 N–H and O–H groups in total. The van der Waals surface area contributed by atoms with Gasteiger partial charge in [-0.05, 0) is 50.1 Å². The van der Waals surface area contributed by atoms with Crippen LogP contribution in [0.1, 0.15) is 19.4 Å². The molecule has 0 atom stereocenters. The molecule has 136 valence electrons. The van der Waals surface area contributed by atoms with Crippen molar-refractivity contribution in [2.24, 2.45) is 0 Å². The second-order valence-electron chi connectivity index (χ2n) is 6.70. The first-order valence-corrected chi connectivity index (χ1v) is 8.43. The smallest absolute Gasteiger partial charge is 0.347 e. The Morgan fingerprint density at radius 2 is 1.88 bits per heavy atom. The third-order valence-corrected chi connectivity index (χ3v) is 4.16. The van der Waals surface area contributed by atoms with Gasteiger partial charge in [0.05, 0.1) is 0 Å². The SMILES string of the molecule is CN(CCc1ccc(OC(C)(C)C(=O)O)cc1)c1nc2ccccc2o1. The van der Waals surface area contributed by atoms with Crippen LogP contribution in [-0.2, 0) is 11.2 Å². The lowest BCUT2D eigenvalue weighted by Gasteiger charge is -2.21.